The molecule has 0 unspecified atom stereocenters. The van der Waals surface area contributed by atoms with E-state index in [1.54, 1.807) is 0 Å². The number of urea groups is 1. The Labute approximate surface area is 150 Å². The van der Waals surface area contributed by atoms with Crippen LogP contribution < -0.4 is 16.0 Å². The van der Waals surface area contributed by atoms with Crippen molar-refractivity contribution in [2.24, 2.45) is 0 Å². The van der Waals surface area contributed by atoms with Crippen molar-refractivity contribution in [1.82, 2.24) is 19.9 Å². The topological polar surface area (TPSA) is 83.9 Å². The standard InChI is InChI=1S/C18H19FN6O/c1-13-22-16(12-17(23-13)25-10-2-3-11-25)20-8-9-21-18(26)24-15-6-4-14(19)5-7-15/h2-7,10-12H,8-9H2,1H3,(H,20,22,23)(H2,21,24,26). The lowest BCUT2D eigenvalue weighted by Crippen LogP contribution is -2.32. The molecule has 3 N–H and O–H groups in total. The van der Waals surface area contributed by atoms with Gasteiger partial charge >= 0.3 is 6.03 Å². The highest BCUT2D eigenvalue weighted by atomic mass is 19.1. The SMILES string of the molecule is Cc1nc(NCCNC(=O)Nc2ccc(F)cc2)cc(-n2cccc2)n1. The fraction of sp³-hybridized carbons (Fsp3) is 0.167. The highest BCUT2D eigenvalue weighted by Crippen LogP contribution is 2.11. The molecule has 0 aliphatic heterocycles. The Kier molecular flexibility index (Phi) is 5.43. The minimum Gasteiger partial charge on any atom is -0.368 e. The second kappa shape index (κ2) is 8.11. The van der Waals surface area contributed by atoms with E-state index in [-0.39, 0.29) is 11.8 Å². The van der Waals surface area contributed by atoms with Crippen LogP contribution >= 0.6 is 0 Å². The van der Waals surface area contributed by atoms with Gasteiger partial charge in [0.1, 0.15) is 23.3 Å². The zero-order chi connectivity index (χ0) is 18.4. The molecule has 0 saturated heterocycles. The van der Waals surface area contributed by atoms with E-state index in [2.05, 4.69) is 25.9 Å². The molecule has 8 heteroatoms. The lowest BCUT2D eigenvalue weighted by atomic mass is 10.3. The van der Waals surface area contributed by atoms with E-state index in [0.717, 1.165) is 5.82 Å². The summed E-state index contributed by atoms with van der Waals surface area (Å²) in [6.07, 6.45) is 3.82. The van der Waals surface area contributed by atoms with E-state index < -0.39 is 0 Å². The molecular weight excluding hydrogens is 335 g/mol. The number of carbonyl (C=O) groups is 1. The van der Waals surface area contributed by atoms with Crippen LogP contribution in [0.2, 0.25) is 0 Å². The Morgan fingerprint density at radius 1 is 1.12 bits per heavy atom. The summed E-state index contributed by atoms with van der Waals surface area (Å²) in [5, 5.41) is 8.51. The summed E-state index contributed by atoms with van der Waals surface area (Å²) in [4.78, 5) is 20.5. The lowest BCUT2D eigenvalue weighted by molar-refractivity contribution is 0.252. The molecule has 0 spiro atoms. The van der Waals surface area contributed by atoms with Gasteiger partial charge in [0.15, 0.2) is 0 Å². The number of anilines is 2. The van der Waals surface area contributed by atoms with Gasteiger partial charge in [-0.3, -0.25) is 0 Å². The zero-order valence-corrected chi connectivity index (χ0v) is 14.2. The van der Waals surface area contributed by atoms with Gasteiger partial charge in [0, 0.05) is 37.2 Å². The van der Waals surface area contributed by atoms with Crippen LogP contribution in [0.1, 0.15) is 5.82 Å². The van der Waals surface area contributed by atoms with Crippen molar-refractivity contribution in [1.29, 1.82) is 0 Å². The normalized spacial score (nSPS) is 10.4. The average Bonchev–Trinajstić information content (AvgIpc) is 3.15. The summed E-state index contributed by atoms with van der Waals surface area (Å²) >= 11 is 0. The van der Waals surface area contributed by atoms with E-state index in [0.29, 0.717) is 30.4 Å². The second-order valence-corrected chi connectivity index (χ2v) is 5.56. The summed E-state index contributed by atoms with van der Waals surface area (Å²) in [7, 11) is 0. The van der Waals surface area contributed by atoms with E-state index in [4.69, 9.17) is 0 Å². The van der Waals surface area contributed by atoms with Crippen LogP contribution in [0, 0.1) is 12.7 Å². The molecule has 0 aliphatic carbocycles. The molecular formula is C18H19FN6O. The molecule has 0 aliphatic rings. The number of benzene rings is 1. The number of aromatic nitrogens is 3. The van der Waals surface area contributed by atoms with Crippen molar-refractivity contribution >= 4 is 17.5 Å². The van der Waals surface area contributed by atoms with Gasteiger partial charge in [0.05, 0.1) is 0 Å². The first-order valence-electron chi connectivity index (χ1n) is 8.13. The number of nitrogens with one attached hydrogen (secondary N) is 3. The molecule has 2 heterocycles. The number of halogens is 1. The quantitative estimate of drug-likeness (QED) is 0.594. The van der Waals surface area contributed by atoms with E-state index in [9.17, 15) is 9.18 Å². The Hall–Kier alpha value is -3.42. The first-order chi connectivity index (χ1) is 12.6. The molecule has 3 aromatic rings. The van der Waals surface area contributed by atoms with Crippen molar-refractivity contribution in [2.75, 3.05) is 23.7 Å². The van der Waals surface area contributed by atoms with Crippen molar-refractivity contribution in [2.45, 2.75) is 6.92 Å². The first kappa shape index (κ1) is 17.4. The maximum Gasteiger partial charge on any atom is 0.319 e. The van der Waals surface area contributed by atoms with Crippen LogP contribution in [0.5, 0.6) is 0 Å². The van der Waals surface area contributed by atoms with E-state index in [1.807, 2.05) is 42.1 Å². The molecule has 0 fully saturated rings. The lowest BCUT2D eigenvalue weighted by Gasteiger charge is -2.10. The van der Waals surface area contributed by atoms with E-state index >= 15 is 0 Å². The van der Waals surface area contributed by atoms with Gasteiger partial charge in [0.25, 0.3) is 0 Å². The van der Waals surface area contributed by atoms with Gasteiger partial charge in [-0.05, 0) is 43.3 Å². The van der Waals surface area contributed by atoms with Crippen LogP contribution in [0.4, 0.5) is 20.7 Å². The molecule has 1 aromatic carbocycles. The summed E-state index contributed by atoms with van der Waals surface area (Å²) in [6, 6.07) is 10.9. The van der Waals surface area contributed by atoms with Crippen LogP contribution in [0.25, 0.3) is 5.82 Å². The second-order valence-electron chi connectivity index (χ2n) is 5.56. The van der Waals surface area contributed by atoms with Crippen LogP contribution in [-0.2, 0) is 0 Å². The molecule has 2 amide bonds. The smallest absolute Gasteiger partial charge is 0.319 e. The van der Waals surface area contributed by atoms with Crippen molar-refractivity contribution in [3.8, 4) is 5.82 Å². The summed E-state index contributed by atoms with van der Waals surface area (Å²) < 4.78 is 14.7. The summed E-state index contributed by atoms with van der Waals surface area (Å²) in [5.74, 6) is 1.76. The molecule has 2 aromatic heterocycles. The van der Waals surface area contributed by atoms with Gasteiger partial charge < -0.3 is 20.5 Å². The highest BCUT2D eigenvalue weighted by Gasteiger charge is 2.04. The third kappa shape index (κ3) is 4.79. The minimum absolute atomic E-state index is 0.348. The molecule has 0 saturated carbocycles. The Morgan fingerprint density at radius 3 is 2.58 bits per heavy atom. The van der Waals surface area contributed by atoms with Crippen LogP contribution in [0.15, 0.2) is 54.9 Å². The van der Waals surface area contributed by atoms with E-state index in [1.165, 1.54) is 24.3 Å². The zero-order valence-electron chi connectivity index (χ0n) is 14.2. The van der Waals surface area contributed by atoms with Crippen molar-refractivity contribution in [3.63, 3.8) is 0 Å². The van der Waals surface area contributed by atoms with Gasteiger partial charge in [-0.15, -0.1) is 0 Å². The van der Waals surface area contributed by atoms with Gasteiger partial charge in [-0.1, -0.05) is 0 Å². The largest absolute Gasteiger partial charge is 0.368 e. The molecule has 26 heavy (non-hydrogen) atoms. The fourth-order valence-electron chi connectivity index (χ4n) is 2.34. The van der Waals surface area contributed by atoms with Gasteiger partial charge in [-0.25, -0.2) is 19.2 Å². The van der Waals surface area contributed by atoms with Crippen molar-refractivity contribution < 1.29 is 9.18 Å². The predicted molar refractivity (Wildman–Crippen MR) is 98.0 cm³/mol. The number of hydrogen-bond donors (Lipinski definition) is 3. The molecule has 7 nitrogen and oxygen atoms in total. The molecule has 0 bridgehead atoms. The third-order valence-corrected chi connectivity index (χ3v) is 3.51. The fourth-order valence-corrected chi connectivity index (χ4v) is 2.34. The summed E-state index contributed by atoms with van der Waals surface area (Å²) in [6.45, 7) is 2.72. The molecule has 0 atom stereocenters. The number of hydrogen-bond acceptors (Lipinski definition) is 4. The van der Waals surface area contributed by atoms with Crippen LogP contribution in [-0.4, -0.2) is 33.7 Å². The minimum atomic E-state index is -0.356. The number of amides is 2. The maximum atomic E-state index is 12.8. The summed E-state index contributed by atoms with van der Waals surface area (Å²) in [5.41, 5.74) is 0.527. The first-order valence-corrected chi connectivity index (χ1v) is 8.13. The van der Waals surface area contributed by atoms with Gasteiger partial charge in [-0.2, -0.15) is 0 Å². The number of aryl methyl sites for hydroxylation is 1. The number of rotatable bonds is 6. The predicted octanol–water partition coefficient (Wildman–Crippen LogP) is 2.95. The Morgan fingerprint density at radius 2 is 1.85 bits per heavy atom. The Balaban J connectivity index is 1.47. The monoisotopic (exact) mass is 354 g/mol. The van der Waals surface area contributed by atoms with Crippen molar-refractivity contribution in [3.05, 3.63) is 66.5 Å². The highest BCUT2D eigenvalue weighted by molar-refractivity contribution is 5.89. The maximum absolute atomic E-state index is 12.8. The Bertz CT molecular complexity index is 864. The molecule has 0 radical (unpaired) electrons. The number of nitrogens with zero attached hydrogens (tertiary/aromatic N) is 3. The van der Waals surface area contributed by atoms with Crippen LogP contribution in [0.3, 0.4) is 0 Å². The molecule has 134 valence electrons. The average molecular weight is 354 g/mol. The number of carbonyl (C=O) groups excluding carboxylic acids is 1. The third-order valence-electron chi connectivity index (χ3n) is 3.51. The van der Waals surface area contributed by atoms with Gasteiger partial charge in [0.2, 0.25) is 0 Å². The molecule has 3 rings (SSSR count).